The van der Waals surface area contributed by atoms with Gasteiger partial charge in [-0.05, 0) is 44.0 Å². The summed E-state index contributed by atoms with van der Waals surface area (Å²) in [5.41, 5.74) is 3.44. The Morgan fingerprint density at radius 3 is 3.06 bits per heavy atom. The van der Waals surface area contributed by atoms with Crippen molar-refractivity contribution in [2.75, 3.05) is 6.54 Å². The number of aromatic amines is 1. The number of hydrogen-bond donors (Lipinski definition) is 2. The average molecular weight is 308 g/mol. The minimum atomic E-state index is 0.387. The molecule has 0 spiro atoms. The van der Waals surface area contributed by atoms with Crippen LogP contribution in [0.25, 0.3) is 11.0 Å². The highest BCUT2D eigenvalue weighted by atomic mass is 79.9. The number of H-pyrrole nitrogens is 1. The molecule has 0 aliphatic carbocycles. The van der Waals surface area contributed by atoms with E-state index in [1.807, 2.05) is 0 Å². The summed E-state index contributed by atoms with van der Waals surface area (Å²) in [6.07, 6.45) is 5.08. The van der Waals surface area contributed by atoms with E-state index in [9.17, 15) is 0 Å². The van der Waals surface area contributed by atoms with Gasteiger partial charge in [0.25, 0.3) is 0 Å². The fourth-order valence-electron chi connectivity index (χ4n) is 2.69. The zero-order valence-electron chi connectivity index (χ0n) is 10.6. The number of aromatic nitrogens is 2. The van der Waals surface area contributed by atoms with Gasteiger partial charge in [0.1, 0.15) is 5.82 Å². The highest BCUT2D eigenvalue weighted by Crippen LogP contribution is 2.26. The number of halogens is 1. The Hall–Kier alpha value is -0.870. The Morgan fingerprint density at radius 1 is 1.28 bits per heavy atom. The summed E-state index contributed by atoms with van der Waals surface area (Å²) in [5, 5.41) is 3.59. The molecule has 1 aliphatic heterocycles. The number of nitrogens with zero attached hydrogens (tertiary/aromatic N) is 1. The van der Waals surface area contributed by atoms with Crippen molar-refractivity contribution in [1.82, 2.24) is 15.3 Å². The van der Waals surface area contributed by atoms with Crippen LogP contribution in [0.4, 0.5) is 0 Å². The molecule has 1 saturated heterocycles. The maximum atomic E-state index is 4.78. The second-order valence-electron chi connectivity index (χ2n) is 5.10. The largest absolute Gasteiger partial charge is 0.341 e. The van der Waals surface area contributed by atoms with E-state index in [1.54, 1.807) is 0 Å². The molecule has 0 amide bonds. The summed E-state index contributed by atoms with van der Waals surface area (Å²) < 4.78 is 1.11. The van der Waals surface area contributed by atoms with Crippen LogP contribution in [0.3, 0.4) is 0 Å². The number of nitrogens with one attached hydrogen (secondary N) is 2. The first-order valence-corrected chi connectivity index (χ1v) is 7.42. The lowest BCUT2D eigenvalue weighted by Crippen LogP contribution is -2.21. The lowest BCUT2D eigenvalue weighted by Gasteiger charge is -2.12. The SMILES string of the molecule is Cc1cc(Br)cc2[nH]c(C3CCCCCN3)nc12. The second kappa shape index (κ2) is 5.02. The van der Waals surface area contributed by atoms with Gasteiger partial charge in [-0.3, -0.25) is 0 Å². The number of imidazole rings is 1. The van der Waals surface area contributed by atoms with Gasteiger partial charge in [0.05, 0.1) is 17.1 Å². The fourth-order valence-corrected chi connectivity index (χ4v) is 3.26. The van der Waals surface area contributed by atoms with Crippen LogP contribution in [0, 0.1) is 6.92 Å². The average Bonchev–Trinajstić information content (AvgIpc) is 2.59. The number of hydrogen-bond acceptors (Lipinski definition) is 2. The van der Waals surface area contributed by atoms with E-state index in [4.69, 9.17) is 4.98 Å². The quantitative estimate of drug-likeness (QED) is 0.840. The van der Waals surface area contributed by atoms with E-state index in [2.05, 4.69) is 45.3 Å². The first kappa shape index (κ1) is 12.2. The molecule has 18 heavy (non-hydrogen) atoms. The lowest BCUT2D eigenvalue weighted by atomic mass is 10.1. The molecule has 0 bridgehead atoms. The van der Waals surface area contributed by atoms with Crippen molar-refractivity contribution >= 4 is 27.0 Å². The maximum Gasteiger partial charge on any atom is 0.124 e. The van der Waals surface area contributed by atoms with E-state index < -0.39 is 0 Å². The van der Waals surface area contributed by atoms with Crippen molar-refractivity contribution in [2.45, 2.75) is 38.6 Å². The van der Waals surface area contributed by atoms with Crippen LogP contribution in [-0.2, 0) is 0 Å². The summed E-state index contributed by atoms with van der Waals surface area (Å²) >= 11 is 3.54. The van der Waals surface area contributed by atoms with Gasteiger partial charge in [-0.15, -0.1) is 0 Å². The molecule has 0 saturated carbocycles. The van der Waals surface area contributed by atoms with Crippen LogP contribution in [0.2, 0.25) is 0 Å². The molecule has 2 N–H and O–H groups in total. The molecule has 1 fully saturated rings. The molecule has 96 valence electrons. The molecule has 3 nitrogen and oxygen atoms in total. The first-order chi connectivity index (χ1) is 8.74. The van der Waals surface area contributed by atoms with Crippen molar-refractivity contribution < 1.29 is 0 Å². The summed E-state index contributed by atoms with van der Waals surface area (Å²) in [6, 6.07) is 4.61. The Morgan fingerprint density at radius 2 is 2.17 bits per heavy atom. The van der Waals surface area contributed by atoms with Gasteiger partial charge in [-0.25, -0.2) is 4.98 Å². The van der Waals surface area contributed by atoms with E-state index in [0.29, 0.717) is 6.04 Å². The van der Waals surface area contributed by atoms with E-state index in [-0.39, 0.29) is 0 Å². The predicted octanol–water partition coefficient (Wildman–Crippen LogP) is 3.84. The minimum Gasteiger partial charge on any atom is -0.341 e. The number of rotatable bonds is 1. The second-order valence-corrected chi connectivity index (χ2v) is 6.01. The van der Waals surface area contributed by atoms with Gasteiger partial charge >= 0.3 is 0 Å². The summed E-state index contributed by atoms with van der Waals surface area (Å²) in [6.45, 7) is 3.21. The molecule has 1 aromatic heterocycles. The summed E-state index contributed by atoms with van der Waals surface area (Å²) in [4.78, 5) is 8.25. The molecular weight excluding hydrogens is 290 g/mol. The Bertz CT molecular complexity index is 553. The first-order valence-electron chi connectivity index (χ1n) is 6.63. The topological polar surface area (TPSA) is 40.7 Å². The highest BCUT2D eigenvalue weighted by Gasteiger charge is 2.17. The molecule has 3 rings (SSSR count). The van der Waals surface area contributed by atoms with Crippen molar-refractivity contribution in [3.05, 3.63) is 28.0 Å². The van der Waals surface area contributed by atoms with Crippen LogP contribution in [-0.4, -0.2) is 16.5 Å². The van der Waals surface area contributed by atoms with Crippen LogP contribution >= 0.6 is 15.9 Å². The highest BCUT2D eigenvalue weighted by molar-refractivity contribution is 9.10. The standard InChI is InChI=1S/C14H18BrN3/c1-9-7-10(15)8-12-13(9)18-14(17-12)11-5-3-2-4-6-16-11/h7-8,11,16H,2-6H2,1H3,(H,17,18). The lowest BCUT2D eigenvalue weighted by molar-refractivity contribution is 0.513. The van der Waals surface area contributed by atoms with Crippen LogP contribution < -0.4 is 5.32 Å². The number of benzene rings is 1. The molecule has 2 heterocycles. The Kier molecular flexibility index (Phi) is 3.39. The van der Waals surface area contributed by atoms with Crippen LogP contribution in [0.5, 0.6) is 0 Å². The normalized spacial score (nSPS) is 21.1. The van der Waals surface area contributed by atoms with E-state index in [1.165, 1.54) is 31.2 Å². The molecule has 1 unspecified atom stereocenters. The molecule has 1 aromatic carbocycles. The minimum absolute atomic E-state index is 0.387. The van der Waals surface area contributed by atoms with Gasteiger partial charge in [0.15, 0.2) is 0 Å². The third-order valence-electron chi connectivity index (χ3n) is 3.65. The van der Waals surface area contributed by atoms with Crippen molar-refractivity contribution in [3.63, 3.8) is 0 Å². The monoisotopic (exact) mass is 307 g/mol. The zero-order chi connectivity index (χ0) is 12.5. The molecule has 4 heteroatoms. The van der Waals surface area contributed by atoms with Gasteiger partial charge < -0.3 is 10.3 Å². The van der Waals surface area contributed by atoms with Crippen LogP contribution in [0.15, 0.2) is 16.6 Å². The van der Waals surface area contributed by atoms with Gasteiger partial charge in [-0.1, -0.05) is 28.8 Å². The number of aryl methyl sites for hydroxylation is 1. The third kappa shape index (κ3) is 2.31. The maximum absolute atomic E-state index is 4.78. The smallest absolute Gasteiger partial charge is 0.124 e. The third-order valence-corrected chi connectivity index (χ3v) is 4.11. The van der Waals surface area contributed by atoms with Crippen molar-refractivity contribution in [3.8, 4) is 0 Å². The van der Waals surface area contributed by atoms with E-state index >= 15 is 0 Å². The zero-order valence-corrected chi connectivity index (χ0v) is 12.2. The molecule has 1 atom stereocenters. The van der Waals surface area contributed by atoms with Gasteiger partial charge in [0, 0.05) is 4.47 Å². The Labute approximate surface area is 116 Å². The van der Waals surface area contributed by atoms with Gasteiger partial charge in [0.2, 0.25) is 0 Å². The molecule has 0 radical (unpaired) electrons. The number of fused-ring (bicyclic) bond motifs is 1. The van der Waals surface area contributed by atoms with Crippen LogP contribution in [0.1, 0.15) is 43.1 Å². The molecule has 1 aliphatic rings. The summed E-state index contributed by atoms with van der Waals surface area (Å²) in [7, 11) is 0. The fraction of sp³-hybridized carbons (Fsp3) is 0.500. The predicted molar refractivity (Wildman–Crippen MR) is 77.7 cm³/mol. The summed E-state index contributed by atoms with van der Waals surface area (Å²) in [5.74, 6) is 1.09. The van der Waals surface area contributed by atoms with Gasteiger partial charge in [-0.2, -0.15) is 0 Å². The molecule has 2 aromatic rings. The van der Waals surface area contributed by atoms with E-state index in [0.717, 1.165) is 27.9 Å². The van der Waals surface area contributed by atoms with Crippen molar-refractivity contribution in [2.24, 2.45) is 0 Å². The molecular formula is C14H18BrN3. The Balaban J connectivity index is 1.99. The van der Waals surface area contributed by atoms with Crippen molar-refractivity contribution in [1.29, 1.82) is 0 Å².